The van der Waals surface area contributed by atoms with Crippen LogP contribution in [0.1, 0.15) is 48.4 Å². The van der Waals surface area contributed by atoms with Crippen LogP contribution in [0.2, 0.25) is 0 Å². The molecule has 3 fully saturated rings. The fraction of sp³-hybridized carbons (Fsp3) is 0.444. The summed E-state index contributed by atoms with van der Waals surface area (Å²) in [4.78, 5) is 37.0. The summed E-state index contributed by atoms with van der Waals surface area (Å²) in [5, 5.41) is 17.9. The first-order chi connectivity index (χ1) is 16.9. The summed E-state index contributed by atoms with van der Waals surface area (Å²) >= 11 is 0. The highest BCUT2D eigenvalue weighted by molar-refractivity contribution is 5.76. The van der Waals surface area contributed by atoms with Gasteiger partial charge in [-0.2, -0.15) is 0 Å². The summed E-state index contributed by atoms with van der Waals surface area (Å²) in [6.07, 6.45) is 1.95. The maximum Gasteiger partial charge on any atom is 0.408 e. The van der Waals surface area contributed by atoms with Crippen molar-refractivity contribution in [1.82, 2.24) is 9.80 Å². The molecule has 0 unspecified atom stereocenters. The van der Waals surface area contributed by atoms with Crippen molar-refractivity contribution in [3.8, 4) is 0 Å². The fourth-order valence-corrected chi connectivity index (χ4v) is 5.25. The molecular weight excluding hydrogens is 448 g/mol. The molecule has 3 saturated heterocycles. The summed E-state index contributed by atoms with van der Waals surface area (Å²) in [5.41, 5.74) is 3.37. The van der Waals surface area contributed by atoms with Gasteiger partial charge in [-0.25, -0.2) is 4.79 Å². The topological polar surface area (TPSA) is 107 Å². The maximum atomic E-state index is 11.5. The van der Waals surface area contributed by atoms with Crippen molar-refractivity contribution in [2.75, 3.05) is 26.2 Å². The number of esters is 1. The lowest BCUT2D eigenvalue weighted by Crippen LogP contribution is -2.51. The van der Waals surface area contributed by atoms with E-state index in [0.717, 1.165) is 50.0 Å². The highest BCUT2D eigenvalue weighted by Crippen LogP contribution is 2.35. The third-order valence-corrected chi connectivity index (χ3v) is 7.07. The highest BCUT2D eigenvalue weighted by atomic mass is 16.5. The van der Waals surface area contributed by atoms with Crippen LogP contribution in [0.15, 0.2) is 54.6 Å². The number of hydrogen-bond acceptors (Lipinski definition) is 5. The predicted molar refractivity (Wildman–Crippen MR) is 129 cm³/mol. The van der Waals surface area contributed by atoms with Crippen LogP contribution in [-0.4, -0.2) is 70.3 Å². The lowest BCUT2D eigenvalue weighted by molar-refractivity contribution is -0.160. The number of nitrogens with zero attached hydrogens (tertiary/aromatic N) is 2. The Kier molecular flexibility index (Phi) is 8.02. The molecule has 4 aliphatic rings. The van der Waals surface area contributed by atoms with E-state index in [-0.39, 0.29) is 31.0 Å². The quantitative estimate of drug-likeness (QED) is 0.627. The molecule has 4 aliphatic heterocycles. The maximum absolute atomic E-state index is 11.5. The van der Waals surface area contributed by atoms with Crippen LogP contribution in [-0.2, 0) is 20.7 Å². The van der Waals surface area contributed by atoms with Crippen LogP contribution in [0, 0.1) is 5.92 Å². The number of aliphatic carboxylic acids is 1. The minimum atomic E-state index is -0.953. The summed E-state index contributed by atoms with van der Waals surface area (Å²) in [5.74, 6) is -0.842. The number of carboxylic acid groups (broad SMARTS) is 2. The Labute approximate surface area is 205 Å². The zero-order valence-corrected chi connectivity index (χ0v) is 19.7. The molecule has 0 radical (unpaired) electrons. The first kappa shape index (κ1) is 24.7. The first-order valence-corrected chi connectivity index (χ1v) is 12.2. The number of carboxylic acids is 1. The largest absolute Gasteiger partial charge is 0.481 e. The van der Waals surface area contributed by atoms with E-state index in [0.29, 0.717) is 12.5 Å². The van der Waals surface area contributed by atoms with Gasteiger partial charge in [-0.1, -0.05) is 54.6 Å². The van der Waals surface area contributed by atoms with Gasteiger partial charge in [-0.3, -0.25) is 19.4 Å². The van der Waals surface area contributed by atoms with Gasteiger partial charge in [0.1, 0.15) is 6.10 Å². The summed E-state index contributed by atoms with van der Waals surface area (Å²) < 4.78 is 5.33. The van der Waals surface area contributed by atoms with E-state index in [1.54, 1.807) is 0 Å². The van der Waals surface area contributed by atoms with Gasteiger partial charge >= 0.3 is 18.0 Å². The number of carbonyl (C=O) groups is 3. The van der Waals surface area contributed by atoms with Gasteiger partial charge in [0, 0.05) is 13.1 Å². The number of carbonyl (C=O) groups excluding carboxylic acids is 1. The van der Waals surface area contributed by atoms with E-state index in [2.05, 4.69) is 11.0 Å². The molecule has 0 spiro atoms. The van der Waals surface area contributed by atoms with Crippen molar-refractivity contribution in [3.63, 3.8) is 0 Å². The van der Waals surface area contributed by atoms with Crippen molar-refractivity contribution in [2.45, 2.75) is 44.2 Å². The van der Waals surface area contributed by atoms with Crippen LogP contribution in [0.3, 0.4) is 0 Å². The Morgan fingerprint density at radius 1 is 0.886 bits per heavy atom. The van der Waals surface area contributed by atoms with Gasteiger partial charge < -0.3 is 14.9 Å². The number of fused-ring (bicyclic) bond motifs is 4. The van der Waals surface area contributed by atoms with Crippen molar-refractivity contribution in [3.05, 3.63) is 71.3 Å². The van der Waals surface area contributed by atoms with E-state index in [1.165, 1.54) is 10.5 Å². The average molecular weight is 481 g/mol. The van der Waals surface area contributed by atoms with Gasteiger partial charge in [-0.15, -0.1) is 0 Å². The molecule has 2 aromatic carbocycles. The number of amides is 1. The molecule has 8 heteroatoms. The number of benzene rings is 2. The third kappa shape index (κ3) is 6.19. The van der Waals surface area contributed by atoms with Crippen LogP contribution in [0.4, 0.5) is 4.79 Å². The second kappa shape index (κ2) is 11.4. The minimum Gasteiger partial charge on any atom is -0.481 e. The van der Waals surface area contributed by atoms with Crippen LogP contribution < -0.4 is 0 Å². The summed E-state index contributed by atoms with van der Waals surface area (Å²) in [6.45, 7) is 3.58. The van der Waals surface area contributed by atoms with Crippen molar-refractivity contribution >= 4 is 18.0 Å². The minimum absolute atomic E-state index is 0.0104. The second-order valence-corrected chi connectivity index (χ2v) is 9.30. The smallest absolute Gasteiger partial charge is 0.408 e. The Balaban J connectivity index is 0.000000168. The molecule has 0 aromatic heterocycles. The predicted octanol–water partition coefficient (Wildman–Crippen LogP) is 3.80. The number of rotatable bonds is 5. The highest BCUT2D eigenvalue weighted by Gasteiger charge is 2.36. The van der Waals surface area contributed by atoms with Gasteiger partial charge in [0.05, 0.1) is 18.9 Å². The van der Waals surface area contributed by atoms with E-state index < -0.39 is 12.1 Å². The molecule has 4 heterocycles. The molecule has 2 atom stereocenters. The van der Waals surface area contributed by atoms with Crippen molar-refractivity contribution in [1.29, 1.82) is 0 Å². The molecule has 2 N–H and O–H groups in total. The number of hydrogen-bond donors (Lipinski definition) is 2. The van der Waals surface area contributed by atoms with Gasteiger partial charge in [0.15, 0.2) is 0 Å². The Hall–Kier alpha value is -3.39. The first-order valence-electron chi connectivity index (χ1n) is 12.2. The lowest BCUT2D eigenvalue weighted by atomic mass is 9.86. The standard InChI is InChI=1S/C16H15NO2.C11H17NO4/c18-16(19)17-11-10-12-6-4-5-9-14(12)15(17)13-7-2-1-3-8-13;13-10(14)1-2-11(15)16-9-7-12-5-3-8(9)4-6-12/h1-9,15H,10-11H2,(H,18,19);8-9H,1-7H2,(H,13,14)/t15-;9-/m00/s1. The zero-order chi connectivity index (χ0) is 24.8. The third-order valence-electron chi connectivity index (χ3n) is 7.07. The molecule has 6 rings (SSSR count). The fourth-order valence-electron chi connectivity index (χ4n) is 5.25. The van der Waals surface area contributed by atoms with E-state index in [4.69, 9.17) is 9.84 Å². The molecule has 0 saturated carbocycles. The van der Waals surface area contributed by atoms with E-state index in [1.807, 2.05) is 48.5 Å². The second-order valence-electron chi connectivity index (χ2n) is 9.30. The molecule has 2 bridgehead atoms. The summed E-state index contributed by atoms with van der Waals surface area (Å²) in [7, 11) is 0. The lowest BCUT2D eigenvalue weighted by Gasteiger charge is -2.43. The van der Waals surface area contributed by atoms with Crippen LogP contribution >= 0.6 is 0 Å². The number of ether oxygens (including phenoxy) is 1. The Morgan fingerprint density at radius 3 is 2.20 bits per heavy atom. The average Bonchev–Trinajstić information content (AvgIpc) is 2.88. The Morgan fingerprint density at radius 2 is 1.57 bits per heavy atom. The molecule has 8 nitrogen and oxygen atoms in total. The molecule has 186 valence electrons. The number of piperidine rings is 3. The molecule has 0 aliphatic carbocycles. The molecular formula is C27H32N2O6. The van der Waals surface area contributed by atoms with Crippen LogP contribution in [0.5, 0.6) is 0 Å². The normalized spacial score (nSPS) is 24.5. The van der Waals surface area contributed by atoms with Gasteiger partial charge in [-0.05, 0) is 55.0 Å². The zero-order valence-electron chi connectivity index (χ0n) is 19.7. The monoisotopic (exact) mass is 480 g/mol. The summed E-state index contributed by atoms with van der Waals surface area (Å²) in [6, 6.07) is 17.7. The molecule has 1 amide bonds. The van der Waals surface area contributed by atoms with Gasteiger partial charge in [0.25, 0.3) is 0 Å². The van der Waals surface area contributed by atoms with Gasteiger partial charge in [0.2, 0.25) is 0 Å². The van der Waals surface area contributed by atoms with Crippen LogP contribution in [0.25, 0.3) is 0 Å². The van der Waals surface area contributed by atoms with Crippen molar-refractivity contribution in [2.24, 2.45) is 5.92 Å². The van der Waals surface area contributed by atoms with E-state index in [9.17, 15) is 19.5 Å². The molecule has 2 aromatic rings. The van der Waals surface area contributed by atoms with E-state index >= 15 is 0 Å². The Bertz CT molecular complexity index is 1030. The van der Waals surface area contributed by atoms with Crippen molar-refractivity contribution < 1.29 is 29.3 Å². The SMILES string of the molecule is O=C(O)CCC(=O)O[C@H]1CN2CCC1CC2.O=C(O)N1CCc2ccccc2[C@@H]1c1ccccc1. The molecule has 35 heavy (non-hydrogen) atoms.